The van der Waals surface area contributed by atoms with Gasteiger partial charge in [0.2, 0.25) is 5.91 Å². The quantitative estimate of drug-likeness (QED) is 0.582. The third-order valence-corrected chi connectivity index (χ3v) is 4.62. The molecule has 1 amide bonds. The number of rotatable bonds is 7. The van der Waals surface area contributed by atoms with E-state index >= 15 is 0 Å². The van der Waals surface area contributed by atoms with Crippen LogP contribution in [0.2, 0.25) is 0 Å². The number of para-hydroxylation sites is 2. The predicted octanol–water partition coefficient (Wildman–Crippen LogP) is 3.00. The molecule has 148 valence electrons. The molecule has 2 aromatic carbocycles. The smallest absolute Gasteiger partial charge is 0.274 e. The molecular weight excluding hydrogens is 362 g/mol. The number of hydrogen-bond acceptors (Lipinski definition) is 6. The number of anilines is 1. The minimum absolute atomic E-state index is 0.0171. The Hall–Kier alpha value is -3.13. The first kappa shape index (κ1) is 19.6. The topological polar surface area (TPSA) is 93.9 Å². The maximum Gasteiger partial charge on any atom is 0.274 e. The number of fused-ring (bicyclic) bond motifs is 1. The van der Waals surface area contributed by atoms with Crippen molar-refractivity contribution in [1.82, 2.24) is 4.90 Å². The fourth-order valence-electron chi connectivity index (χ4n) is 3.10. The van der Waals surface area contributed by atoms with Gasteiger partial charge in [-0.25, -0.2) is 0 Å². The number of ether oxygens (including phenoxy) is 2. The van der Waals surface area contributed by atoms with E-state index in [2.05, 4.69) is 5.32 Å². The Morgan fingerprint density at radius 3 is 2.71 bits per heavy atom. The zero-order valence-electron chi connectivity index (χ0n) is 15.9. The van der Waals surface area contributed by atoms with Gasteiger partial charge in [-0.3, -0.25) is 19.8 Å². The van der Waals surface area contributed by atoms with Gasteiger partial charge in [-0.15, -0.1) is 0 Å². The highest BCUT2D eigenvalue weighted by Gasteiger charge is 2.24. The van der Waals surface area contributed by atoms with E-state index in [4.69, 9.17) is 9.47 Å². The molecule has 1 aliphatic heterocycles. The first-order valence-electron chi connectivity index (χ1n) is 9.12. The van der Waals surface area contributed by atoms with Gasteiger partial charge in [0.05, 0.1) is 22.7 Å². The third-order valence-electron chi connectivity index (χ3n) is 4.62. The van der Waals surface area contributed by atoms with Crippen LogP contribution < -0.4 is 14.8 Å². The van der Waals surface area contributed by atoms with Gasteiger partial charge in [0.25, 0.3) is 5.69 Å². The van der Waals surface area contributed by atoms with E-state index in [0.717, 1.165) is 5.75 Å². The summed E-state index contributed by atoms with van der Waals surface area (Å²) in [5.41, 5.74) is 0.863. The van der Waals surface area contributed by atoms with Crippen molar-refractivity contribution in [3.05, 3.63) is 58.1 Å². The predicted molar refractivity (Wildman–Crippen MR) is 105 cm³/mol. The zero-order valence-corrected chi connectivity index (χ0v) is 15.9. The monoisotopic (exact) mass is 385 g/mol. The number of amides is 1. The molecule has 8 nitrogen and oxygen atoms in total. The van der Waals surface area contributed by atoms with Crippen molar-refractivity contribution in [3.63, 3.8) is 0 Å². The Kier molecular flexibility index (Phi) is 6.10. The average molecular weight is 385 g/mol. The lowest BCUT2D eigenvalue weighted by atomic mass is 10.1. The van der Waals surface area contributed by atoms with Crippen LogP contribution in [0.25, 0.3) is 0 Å². The number of carbonyl (C=O) groups is 1. The molecule has 1 heterocycles. The van der Waals surface area contributed by atoms with E-state index in [1.807, 2.05) is 36.1 Å². The highest BCUT2D eigenvalue weighted by Crippen LogP contribution is 2.31. The van der Waals surface area contributed by atoms with Crippen molar-refractivity contribution in [3.8, 4) is 11.5 Å². The van der Waals surface area contributed by atoms with E-state index in [-0.39, 0.29) is 24.2 Å². The number of likely N-dealkylation sites (N-methyl/N-ethyl adjacent to an activating group) is 1. The second-order valence-electron chi connectivity index (χ2n) is 6.58. The maximum absolute atomic E-state index is 12.5. The molecule has 0 saturated carbocycles. The normalized spacial score (nSPS) is 15.3. The van der Waals surface area contributed by atoms with E-state index in [1.165, 1.54) is 6.07 Å². The summed E-state index contributed by atoms with van der Waals surface area (Å²) in [6.07, 6.45) is -0.179. The Labute approximate surface area is 163 Å². The summed E-state index contributed by atoms with van der Waals surface area (Å²) in [6.45, 7) is 5.34. The van der Waals surface area contributed by atoms with Crippen LogP contribution in [0.3, 0.4) is 0 Å². The molecule has 0 fully saturated rings. The van der Waals surface area contributed by atoms with E-state index < -0.39 is 4.92 Å². The van der Waals surface area contributed by atoms with Crippen LogP contribution in [0, 0.1) is 17.0 Å². The zero-order chi connectivity index (χ0) is 20.1. The standard InChI is InChI=1S/C20H23N3O5/c1-3-22(11-15-13-27-18-9-4-5-10-19(18)28-15)12-20(24)21-16-7-6-8-17(14(16)2)23(25)26/h4-10,15H,3,11-13H2,1-2H3,(H,21,24)/t15-/m1/s1. The molecule has 0 aliphatic carbocycles. The lowest BCUT2D eigenvalue weighted by molar-refractivity contribution is -0.385. The molecule has 0 saturated heterocycles. The number of nitrogens with one attached hydrogen (secondary N) is 1. The first-order valence-corrected chi connectivity index (χ1v) is 9.12. The molecule has 8 heteroatoms. The van der Waals surface area contributed by atoms with Crippen molar-refractivity contribution < 1.29 is 19.2 Å². The lowest BCUT2D eigenvalue weighted by Crippen LogP contribution is -2.43. The van der Waals surface area contributed by atoms with Crippen LogP contribution in [0.4, 0.5) is 11.4 Å². The van der Waals surface area contributed by atoms with Gasteiger partial charge < -0.3 is 14.8 Å². The minimum Gasteiger partial charge on any atom is -0.486 e. The van der Waals surface area contributed by atoms with Gasteiger partial charge in [0.15, 0.2) is 11.5 Å². The SMILES string of the molecule is CCN(CC(=O)Nc1cccc([N+](=O)[O-])c1C)C[C@@H]1COc2ccccc2O1. The van der Waals surface area contributed by atoms with Crippen LogP contribution in [-0.2, 0) is 4.79 Å². The number of carbonyl (C=O) groups excluding carboxylic acids is 1. The Morgan fingerprint density at radius 2 is 2.00 bits per heavy atom. The van der Waals surface area contributed by atoms with Crippen molar-refractivity contribution in [2.75, 3.05) is 31.6 Å². The van der Waals surface area contributed by atoms with Gasteiger partial charge in [-0.2, -0.15) is 0 Å². The molecular formula is C20H23N3O5. The lowest BCUT2D eigenvalue weighted by Gasteiger charge is -2.30. The second-order valence-corrected chi connectivity index (χ2v) is 6.58. The number of hydrogen-bond donors (Lipinski definition) is 1. The summed E-state index contributed by atoms with van der Waals surface area (Å²) in [7, 11) is 0. The fourth-order valence-corrected chi connectivity index (χ4v) is 3.10. The van der Waals surface area contributed by atoms with Crippen LogP contribution in [-0.4, -0.2) is 48.1 Å². The van der Waals surface area contributed by atoms with Gasteiger partial charge in [0, 0.05) is 12.6 Å². The van der Waals surface area contributed by atoms with Crippen LogP contribution in [0.5, 0.6) is 11.5 Å². The summed E-state index contributed by atoms with van der Waals surface area (Å²) >= 11 is 0. The van der Waals surface area contributed by atoms with Crippen LogP contribution in [0.1, 0.15) is 12.5 Å². The molecule has 28 heavy (non-hydrogen) atoms. The summed E-state index contributed by atoms with van der Waals surface area (Å²) in [5.74, 6) is 1.19. The van der Waals surface area contributed by atoms with E-state index in [1.54, 1.807) is 19.1 Å². The molecule has 1 N–H and O–H groups in total. The Balaban J connectivity index is 1.59. The first-order chi connectivity index (χ1) is 13.5. The molecule has 2 aromatic rings. The molecule has 1 aliphatic rings. The van der Waals surface area contributed by atoms with Gasteiger partial charge in [-0.1, -0.05) is 25.1 Å². The number of nitrogens with zero attached hydrogens (tertiary/aromatic N) is 2. The summed E-state index contributed by atoms with van der Waals surface area (Å²) in [5, 5.41) is 13.8. The van der Waals surface area contributed by atoms with Crippen molar-refractivity contribution in [2.45, 2.75) is 20.0 Å². The highest BCUT2D eigenvalue weighted by atomic mass is 16.6. The molecule has 0 unspecified atom stereocenters. The summed E-state index contributed by atoms with van der Waals surface area (Å²) < 4.78 is 11.7. The van der Waals surface area contributed by atoms with Gasteiger partial charge in [0.1, 0.15) is 12.7 Å². The summed E-state index contributed by atoms with van der Waals surface area (Å²) in [4.78, 5) is 25.0. The van der Waals surface area contributed by atoms with Crippen LogP contribution in [0.15, 0.2) is 42.5 Å². The molecule has 1 atom stereocenters. The van der Waals surface area contributed by atoms with Crippen molar-refractivity contribution >= 4 is 17.3 Å². The maximum atomic E-state index is 12.5. The average Bonchev–Trinajstić information content (AvgIpc) is 2.68. The molecule has 0 aromatic heterocycles. The number of benzene rings is 2. The van der Waals surface area contributed by atoms with E-state index in [0.29, 0.717) is 36.7 Å². The van der Waals surface area contributed by atoms with Gasteiger partial charge in [-0.05, 0) is 31.7 Å². The molecule has 0 radical (unpaired) electrons. The summed E-state index contributed by atoms with van der Waals surface area (Å²) in [6, 6.07) is 12.1. The Bertz CT molecular complexity index is 871. The van der Waals surface area contributed by atoms with E-state index in [9.17, 15) is 14.9 Å². The van der Waals surface area contributed by atoms with Crippen molar-refractivity contribution in [2.24, 2.45) is 0 Å². The number of nitro groups is 1. The third kappa shape index (κ3) is 4.58. The van der Waals surface area contributed by atoms with Gasteiger partial charge >= 0.3 is 0 Å². The minimum atomic E-state index is -0.457. The highest BCUT2D eigenvalue weighted by molar-refractivity contribution is 5.93. The molecule has 0 spiro atoms. The molecule has 0 bridgehead atoms. The largest absolute Gasteiger partial charge is 0.486 e. The van der Waals surface area contributed by atoms with Crippen LogP contribution >= 0.6 is 0 Å². The number of nitro benzene ring substituents is 1. The Morgan fingerprint density at radius 1 is 1.25 bits per heavy atom. The fraction of sp³-hybridized carbons (Fsp3) is 0.350. The molecule has 3 rings (SSSR count). The van der Waals surface area contributed by atoms with Crippen molar-refractivity contribution in [1.29, 1.82) is 0 Å². The second kappa shape index (κ2) is 8.71.